The number of amides is 1. The van der Waals surface area contributed by atoms with Gasteiger partial charge in [0, 0.05) is 19.1 Å². The number of phenols is 1. The lowest BCUT2D eigenvalue weighted by atomic mass is 9.94. The molecule has 2 fully saturated rings. The van der Waals surface area contributed by atoms with Crippen LogP contribution in [0.25, 0.3) is 0 Å². The van der Waals surface area contributed by atoms with Gasteiger partial charge in [-0.25, -0.2) is 0 Å². The van der Waals surface area contributed by atoms with Gasteiger partial charge >= 0.3 is 0 Å². The van der Waals surface area contributed by atoms with Gasteiger partial charge in [0.2, 0.25) is 0 Å². The predicted octanol–water partition coefficient (Wildman–Crippen LogP) is 1.52. The molecule has 102 valence electrons. The van der Waals surface area contributed by atoms with Crippen LogP contribution in [0.3, 0.4) is 0 Å². The highest BCUT2D eigenvalue weighted by Gasteiger charge is 2.37. The van der Waals surface area contributed by atoms with E-state index in [2.05, 4.69) is 5.32 Å². The SMILES string of the molecule is Cc1cccc(C(=O)N2CC3CCCNC3C2)c1O. The third kappa shape index (κ3) is 2.21. The van der Waals surface area contributed by atoms with Crippen LogP contribution in [0.1, 0.15) is 28.8 Å². The van der Waals surface area contributed by atoms with Crippen molar-refractivity contribution in [3.8, 4) is 5.75 Å². The Morgan fingerprint density at radius 1 is 1.42 bits per heavy atom. The normalized spacial score (nSPS) is 26.3. The summed E-state index contributed by atoms with van der Waals surface area (Å²) in [6.07, 6.45) is 2.39. The Kier molecular flexibility index (Phi) is 3.19. The van der Waals surface area contributed by atoms with Crippen LogP contribution in [0.2, 0.25) is 0 Å². The van der Waals surface area contributed by atoms with Crippen molar-refractivity contribution in [1.29, 1.82) is 0 Å². The lowest BCUT2D eigenvalue weighted by Gasteiger charge is -2.24. The number of benzene rings is 1. The number of para-hydroxylation sites is 1. The molecule has 4 heteroatoms. The van der Waals surface area contributed by atoms with Crippen molar-refractivity contribution < 1.29 is 9.90 Å². The predicted molar refractivity (Wildman–Crippen MR) is 73.3 cm³/mol. The molecule has 2 aliphatic rings. The number of carbonyl (C=O) groups excluding carboxylic acids is 1. The molecule has 0 aliphatic carbocycles. The molecule has 2 heterocycles. The number of phenolic OH excluding ortho intramolecular Hbond substituents is 1. The Hall–Kier alpha value is -1.55. The first kappa shape index (κ1) is 12.5. The molecule has 1 amide bonds. The molecule has 2 saturated heterocycles. The van der Waals surface area contributed by atoms with Gasteiger partial charge in [0.15, 0.2) is 0 Å². The van der Waals surface area contributed by atoms with E-state index in [4.69, 9.17) is 0 Å². The second-order valence-electron chi connectivity index (χ2n) is 5.64. The van der Waals surface area contributed by atoms with Crippen LogP contribution in [0.4, 0.5) is 0 Å². The summed E-state index contributed by atoms with van der Waals surface area (Å²) in [5.74, 6) is 0.650. The zero-order chi connectivity index (χ0) is 13.4. The molecule has 2 aliphatic heterocycles. The van der Waals surface area contributed by atoms with Crippen molar-refractivity contribution in [2.75, 3.05) is 19.6 Å². The summed E-state index contributed by atoms with van der Waals surface area (Å²) >= 11 is 0. The van der Waals surface area contributed by atoms with E-state index in [1.54, 1.807) is 6.07 Å². The van der Waals surface area contributed by atoms with Crippen LogP contribution in [-0.4, -0.2) is 41.6 Å². The van der Waals surface area contributed by atoms with Crippen LogP contribution in [0.15, 0.2) is 18.2 Å². The molecule has 1 aromatic carbocycles. The lowest BCUT2D eigenvalue weighted by Crippen LogP contribution is -2.41. The third-order valence-corrected chi connectivity index (χ3v) is 4.35. The second-order valence-corrected chi connectivity index (χ2v) is 5.64. The van der Waals surface area contributed by atoms with E-state index in [-0.39, 0.29) is 11.7 Å². The molecule has 3 rings (SSSR count). The quantitative estimate of drug-likeness (QED) is 0.805. The minimum atomic E-state index is -0.0441. The number of likely N-dealkylation sites (tertiary alicyclic amines) is 1. The van der Waals surface area contributed by atoms with Crippen molar-refractivity contribution in [1.82, 2.24) is 10.2 Å². The first-order valence-corrected chi connectivity index (χ1v) is 6.98. The highest BCUT2D eigenvalue weighted by atomic mass is 16.3. The number of piperidine rings is 1. The minimum absolute atomic E-state index is 0.0441. The number of nitrogens with one attached hydrogen (secondary N) is 1. The summed E-state index contributed by atoms with van der Waals surface area (Å²) in [5.41, 5.74) is 1.18. The van der Waals surface area contributed by atoms with Gasteiger partial charge < -0.3 is 15.3 Å². The summed E-state index contributed by atoms with van der Waals surface area (Å²) < 4.78 is 0. The zero-order valence-electron chi connectivity index (χ0n) is 11.2. The Balaban J connectivity index is 1.79. The summed E-state index contributed by atoms with van der Waals surface area (Å²) in [4.78, 5) is 14.4. The largest absolute Gasteiger partial charge is 0.507 e. The Labute approximate surface area is 113 Å². The second kappa shape index (κ2) is 4.85. The highest BCUT2D eigenvalue weighted by molar-refractivity contribution is 5.97. The molecular formula is C15H20N2O2. The van der Waals surface area contributed by atoms with Crippen molar-refractivity contribution in [2.24, 2.45) is 5.92 Å². The molecule has 2 N–H and O–H groups in total. The molecule has 0 spiro atoms. The molecule has 1 aromatic rings. The van der Waals surface area contributed by atoms with Crippen LogP contribution < -0.4 is 5.32 Å². The van der Waals surface area contributed by atoms with Gasteiger partial charge in [0.05, 0.1) is 5.56 Å². The van der Waals surface area contributed by atoms with E-state index in [0.29, 0.717) is 17.5 Å². The van der Waals surface area contributed by atoms with Gasteiger partial charge in [0.25, 0.3) is 5.91 Å². The minimum Gasteiger partial charge on any atom is -0.507 e. The summed E-state index contributed by atoms with van der Waals surface area (Å²) in [5, 5.41) is 13.5. The van der Waals surface area contributed by atoms with Gasteiger partial charge in [-0.1, -0.05) is 12.1 Å². The fourth-order valence-electron chi connectivity index (χ4n) is 3.21. The molecule has 0 bridgehead atoms. The van der Waals surface area contributed by atoms with Crippen LogP contribution in [0, 0.1) is 12.8 Å². The van der Waals surface area contributed by atoms with Gasteiger partial charge in [-0.15, -0.1) is 0 Å². The fourth-order valence-corrected chi connectivity index (χ4v) is 3.21. The molecule has 2 atom stereocenters. The number of aromatic hydroxyl groups is 1. The van der Waals surface area contributed by atoms with Crippen LogP contribution in [0.5, 0.6) is 5.75 Å². The Morgan fingerprint density at radius 3 is 3.05 bits per heavy atom. The maximum atomic E-state index is 12.5. The van der Waals surface area contributed by atoms with E-state index < -0.39 is 0 Å². The maximum absolute atomic E-state index is 12.5. The number of hydrogen-bond acceptors (Lipinski definition) is 3. The summed E-state index contributed by atoms with van der Waals surface area (Å²) in [6, 6.07) is 5.78. The fraction of sp³-hybridized carbons (Fsp3) is 0.533. The van der Waals surface area contributed by atoms with E-state index in [1.165, 1.54) is 12.8 Å². The highest BCUT2D eigenvalue weighted by Crippen LogP contribution is 2.29. The number of nitrogens with zero attached hydrogens (tertiary/aromatic N) is 1. The first-order chi connectivity index (χ1) is 9.16. The Bertz CT molecular complexity index is 487. The van der Waals surface area contributed by atoms with Gasteiger partial charge in [-0.3, -0.25) is 4.79 Å². The van der Waals surface area contributed by atoms with E-state index in [9.17, 15) is 9.90 Å². The number of rotatable bonds is 1. The van der Waals surface area contributed by atoms with Gasteiger partial charge in [-0.2, -0.15) is 0 Å². The van der Waals surface area contributed by atoms with Crippen LogP contribution in [-0.2, 0) is 0 Å². The first-order valence-electron chi connectivity index (χ1n) is 6.98. The van der Waals surface area contributed by atoms with E-state index in [1.807, 2.05) is 24.0 Å². The topological polar surface area (TPSA) is 52.6 Å². The molecule has 0 aromatic heterocycles. The number of carbonyl (C=O) groups is 1. The van der Waals surface area contributed by atoms with Crippen molar-refractivity contribution >= 4 is 5.91 Å². The standard InChI is InChI=1S/C15H20N2O2/c1-10-4-2-6-12(14(10)18)15(19)17-8-11-5-3-7-16-13(11)9-17/h2,4,6,11,13,16,18H,3,5,7-9H2,1H3. The van der Waals surface area contributed by atoms with Crippen molar-refractivity contribution in [2.45, 2.75) is 25.8 Å². The molecule has 0 saturated carbocycles. The van der Waals surface area contributed by atoms with E-state index >= 15 is 0 Å². The molecular weight excluding hydrogens is 240 g/mol. The monoisotopic (exact) mass is 260 g/mol. The van der Waals surface area contributed by atoms with E-state index in [0.717, 1.165) is 25.2 Å². The van der Waals surface area contributed by atoms with Gasteiger partial charge in [0.1, 0.15) is 5.75 Å². The van der Waals surface area contributed by atoms with Crippen molar-refractivity contribution in [3.05, 3.63) is 29.3 Å². The number of aryl methyl sites for hydroxylation is 1. The molecule has 4 nitrogen and oxygen atoms in total. The molecule has 19 heavy (non-hydrogen) atoms. The van der Waals surface area contributed by atoms with Gasteiger partial charge in [-0.05, 0) is 43.9 Å². The molecule has 2 unspecified atom stereocenters. The number of hydrogen-bond donors (Lipinski definition) is 2. The summed E-state index contributed by atoms with van der Waals surface area (Å²) in [7, 11) is 0. The summed E-state index contributed by atoms with van der Waals surface area (Å²) in [6.45, 7) is 4.44. The average Bonchev–Trinajstić information content (AvgIpc) is 2.85. The third-order valence-electron chi connectivity index (χ3n) is 4.35. The average molecular weight is 260 g/mol. The van der Waals surface area contributed by atoms with Crippen molar-refractivity contribution in [3.63, 3.8) is 0 Å². The maximum Gasteiger partial charge on any atom is 0.257 e. The lowest BCUT2D eigenvalue weighted by molar-refractivity contribution is 0.0782. The zero-order valence-corrected chi connectivity index (χ0v) is 11.2. The Morgan fingerprint density at radius 2 is 2.26 bits per heavy atom. The van der Waals surface area contributed by atoms with Crippen LogP contribution >= 0.6 is 0 Å². The molecule has 0 radical (unpaired) electrons. The number of fused-ring (bicyclic) bond motifs is 1. The smallest absolute Gasteiger partial charge is 0.257 e.